The highest BCUT2D eigenvalue weighted by Gasteiger charge is 2.55. The van der Waals surface area contributed by atoms with Crippen molar-refractivity contribution in [3.63, 3.8) is 0 Å². The first-order valence-corrected chi connectivity index (χ1v) is 46.7. The van der Waals surface area contributed by atoms with Gasteiger partial charge in [-0.15, -0.1) is 0 Å². The molecule has 1 aromatic rings. The number of amides is 10. The fraction of sp³-hybridized carbons (Fsp3) is 0.711. The standard InChI is InChI=1S/C90H134F5N11O36/c1-49(107)103-77-84(136-58(10)116)80(133-55(7)113)62(46-130-52(4)110)139-88(77)127-41-21-13-16-29-65(119)97-35-25-38-100-69(123)44-106(45-70(124)101-39-26-36-98-66(120)30-17-14-22-42-128-89-78(104-50(2)108)85(137-59(11)117)81(134-56(8)114)63(140-89)47-131-53(5)111)61(28-19-20-34-96-68(122)32-24-33-71(125)142-83-75(94)73(92)72(91)74(93)76(83)95)87(126)102-40-27-37-99-67(121)31-18-15-23-43-129-90-79(105-51(3)109)86(138-60(12)118)82(135-57(9)115)64(141-90)48-132-54(6)112/h61-64,77-82,84-86,88-90H,13-48H2,1-12H3,(H,96,122)(H,97,119)(H,98,120)(H,99,121)(H,100,123)(H,101,124)(H,102,126)(H,103,107)(H,104,108)(H,105,109). The van der Waals surface area contributed by atoms with Crippen molar-refractivity contribution in [3.8, 4) is 5.75 Å². The summed E-state index contributed by atoms with van der Waals surface area (Å²) in [5.41, 5.74) is 0. The van der Waals surface area contributed by atoms with E-state index < -0.39 is 280 Å². The molecule has 0 bridgehead atoms. The van der Waals surface area contributed by atoms with Gasteiger partial charge in [0.05, 0.1) is 19.1 Å². The van der Waals surface area contributed by atoms with Crippen molar-refractivity contribution in [3.05, 3.63) is 29.1 Å². The van der Waals surface area contributed by atoms with Crippen molar-refractivity contribution in [1.82, 2.24) is 58.1 Å². The number of esters is 10. The molecule has 3 aliphatic heterocycles. The minimum absolute atomic E-state index is 0.0130. The van der Waals surface area contributed by atoms with Gasteiger partial charge in [-0.25, -0.2) is 13.2 Å². The lowest BCUT2D eigenvalue weighted by molar-refractivity contribution is -0.277. The Morgan fingerprint density at radius 1 is 0.296 bits per heavy atom. The minimum Gasteiger partial charge on any atom is -0.463 e. The molecule has 10 amide bonds. The molecule has 1 aromatic carbocycles. The second-order valence-electron chi connectivity index (χ2n) is 33.3. The zero-order valence-electron chi connectivity index (χ0n) is 81.7. The number of carbonyl (C=O) groups excluding carboxylic acids is 20. The van der Waals surface area contributed by atoms with Crippen molar-refractivity contribution >= 4 is 119 Å². The monoisotopic (exact) mass is 2040 g/mol. The summed E-state index contributed by atoms with van der Waals surface area (Å²) < 4.78 is 158. The summed E-state index contributed by atoms with van der Waals surface area (Å²) in [4.78, 5) is 255. The molecule has 4 rings (SSSR count). The van der Waals surface area contributed by atoms with Gasteiger partial charge in [0, 0.05) is 181 Å². The van der Waals surface area contributed by atoms with Crippen LogP contribution in [0.1, 0.15) is 218 Å². The van der Waals surface area contributed by atoms with Gasteiger partial charge in [0.25, 0.3) is 0 Å². The van der Waals surface area contributed by atoms with Crippen LogP contribution < -0.4 is 57.9 Å². The zero-order chi connectivity index (χ0) is 106. The minimum atomic E-state index is -2.48. The molecule has 10 N–H and O–H groups in total. The summed E-state index contributed by atoms with van der Waals surface area (Å²) in [6.45, 7) is 10.9. The molecular weight excluding hydrogens is 1910 g/mol. The number of halogens is 5. The molecule has 16 unspecified atom stereocenters. The van der Waals surface area contributed by atoms with Gasteiger partial charge in [-0.05, 0) is 83.5 Å². The normalized spacial score (nSPS) is 20.8. The highest BCUT2D eigenvalue weighted by molar-refractivity contribution is 5.86. The largest absolute Gasteiger partial charge is 0.463 e. The van der Waals surface area contributed by atoms with Crippen LogP contribution in [-0.2, 0) is 167 Å². The second-order valence-corrected chi connectivity index (χ2v) is 33.3. The van der Waals surface area contributed by atoms with Gasteiger partial charge < -0.3 is 129 Å². The SMILES string of the molecule is CC(=O)NC1C(OCCCCCC(=O)NCCCNC(=O)CN(CC(=O)NCCCNC(=O)CCCCCOC2OC(COC(C)=O)C(OC(C)=O)C(OC(C)=O)C2NC(C)=O)C(CCCCNC(=O)CCCC(=O)Oc2c(F)c(F)c(F)c(F)c2F)C(=O)NCCCNC(=O)CCCCCOC2OC(COC(C)=O)C(OC(C)=O)C(OC(C)=O)C2NC(C)=O)OC(COC(C)=O)C(OC(C)=O)C1OC(C)=O. The number of hydrogen-bond donors (Lipinski definition) is 10. The predicted molar refractivity (Wildman–Crippen MR) is 475 cm³/mol. The Bertz CT molecular complexity index is 4220. The Labute approximate surface area is 816 Å². The molecular formula is C90H134F5N11O36. The number of nitrogens with one attached hydrogen (secondary N) is 10. The highest BCUT2D eigenvalue weighted by Crippen LogP contribution is 2.34. The molecule has 800 valence electrons. The third-order valence-corrected chi connectivity index (χ3v) is 21.0. The molecule has 3 fully saturated rings. The number of nitrogens with zero attached hydrogens (tertiary/aromatic N) is 1. The van der Waals surface area contributed by atoms with Gasteiger partial charge in [0.1, 0.15) is 56.3 Å². The molecule has 52 heteroatoms. The maximum absolute atomic E-state index is 14.6. The smallest absolute Gasteiger partial charge is 0.311 e. The lowest BCUT2D eigenvalue weighted by Crippen LogP contribution is -2.66. The van der Waals surface area contributed by atoms with Gasteiger partial charge in [-0.3, -0.25) is 101 Å². The van der Waals surface area contributed by atoms with E-state index in [1.807, 2.05) is 0 Å². The van der Waals surface area contributed by atoms with E-state index in [0.29, 0.717) is 57.8 Å². The Hall–Kier alpha value is -12.0. The molecule has 142 heavy (non-hydrogen) atoms. The van der Waals surface area contributed by atoms with E-state index in [2.05, 4.69) is 57.9 Å². The van der Waals surface area contributed by atoms with E-state index >= 15 is 0 Å². The lowest BCUT2D eigenvalue weighted by Gasteiger charge is -2.44. The quantitative estimate of drug-likeness (QED) is 0.00826. The molecule has 3 aliphatic rings. The molecule has 0 aromatic heterocycles. The van der Waals surface area contributed by atoms with Gasteiger partial charge in [0.15, 0.2) is 55.5 Å². The summed E-state index contributed by atoms with van der Waals surface area (Å²) >= 11 is 0. The Balaban J connectivity index is 1.46. The van der Waals surface area contributed by atoms with Crippen molar-refractivity contribution in [2.24, 2.45) is 0 Å². The van der Waals surface area contributed by atoms with E-state index in [1.165, 1.54) is 25.7 Å². The lowest BCUT2D eigenvalue weighted by atomic mass is 9.96. The highest BCUT2D eigenvalue weighted by atomic mass is 19.2. The molecule has 3 heterocycles. The van der Waals surface area contributed by atoms with Crippen LogP contribution >= 0.6 is 0 Å². The van der Waals surface area contributed by atoms with Crippen molar-refractivity contribution in [2.75, 3.05) is 98.5 Å². The number of ether oxygens (including phenoxy) is 16. The van der Waals surface area contributed by atoms with E-state index in [0.717, 1.165) is 62.3 Å². The van der Waals surface area contributed by atoms with Crippen LogP contribution in [0.2, 0.25) is 0 Å². The van der Waals surface area contributed by atoms with Gasteiger partial charge in [-0.2, -0.15) is 8.78 Å². The summed E-state index contributed by atoms with van der Waals surface area (Å²) in [7, 11) is 0. The summed E-state index contributed by atoms with van der Waals surface area (Å²) in [6, 6.07) is -4.90. The first kappa shape index (κ1) is 122. The van der Waals surface area contributed by atoms with Crippen LogP contribution in [0.25, 0.3) is 0 Å². The molecule has 3 saturated heterocycles. The Kier molecular flexibility index (Phi) is 56.8. The summed E-state index contributed by atoms with van der Waals surface area (Å²) in [5.74, 6) is -27.7. The number of benzene rings is 1. The molecule has 16 atom stereocenters. The third kappa shape index (κ3) is 47.7. The maximum Gasteiger partial charge on any atom is 0.311 e. The van der Waals surface area contributed by atoms with E-state index in [-0.39, 0.29) is 148 Å². The number of carbonyl (C=O) groups is 20. The van der Waals surface area contributed by atoms with Crippen LogP contribution in [0.5, 0.6) is 5.75 Å². The van der Waals surface area contributed by atoms with Crippen LogP contribution in [0.15, 0.2) is 0 Å². The molecule has 0 saturated carbocycles. The summed E-state index contributed by atoms with van der Waals surface area (Å²) in [6.07, 6.45) is -12.9. The fourth-order valence-corrected chi connectivity index (χ4v) is 14.8. The average Bonchev–Trinajstić information content (AvgIpc) is 0.775. The van der Waals surface area contributed by atoms with Crippen molar-refractivity contribution < 1.29 is 194 Å². The zero-order valence-corrected chi connectivity index (χ0v) is 81.7. The van der Waals surface area contributed by atoms with E-state index in [9.17, 15) is 118 Å². The Morgan fingerprint density at radius 3 is 0.866 bits per heavy atom. The van der Waals surface area contributed by atoms with E-state index in [1.54, 1.807) is 0 Å². The van der Waals surface area contributed by atoms with Gasteiger partial charge in [0.2, 0.25) is 93.9 Å². The van der Waals surface area contributed by atoms with Crippen LogP contribution in [-0.4, -0.2) is 320 Å². The van der Waals surface area contributed by atoms with Crippen LogP contribution in [0, 0.1) is 29.1 Å². The topological polar surface area (TPSA) is 613 Å². The van der Waals surface area contributed by atoms with Crippen LogP contribution in [0.4, 0.5) is 22.0 Å². The second kappa shape index (κ2) is 66.0. The third-order valence-electron chi connectivity index (χ3n) is 21.0. The number of rotatable bonds is 64. The maximum atomic E-state index is 14.6. The van der Waals surface area contributed by atoms with Crippen molar-refractivity contribution in [1.29, 1.82) is 0 Å². The summed E-state index contributed by atoms with van der Waals surface area (Å²) in [5, 5.41) is 27.0. The molecule has 0 aliphatic carbocycles. The number of unbranched alkanes of at least 4 members (excludes halogenated alkanes) is 7. The van der Waals surface area contributed by atoms with Gasteiger partial charge in [-0.1, -0.05) is 19.3 Å². The molecule has 0 spiro atoms. The Morgan fingerprint density at radius 2 is 0.570 bits per heavy atom. The molecule has 47 nitrogen and oxygen atoms in total. The van der Waals surface area contributed by atoms with E-state index in [4.69, 9.17) is 71.1 Å². The molecule has 0 radical (unpaired) electrons. The van der Waals surface area contributed by atoms with Crippen molar-refractivity contribution in [2.45, 2.75) is 316 Å². The average molecular weight is 2040 g/mol. The number of hydrogen-bond acceptors (Lipinski definition) is 37. The van der Waals surface area contributed by atoms with Crippen LogP contribution in [0.3, 0.4) is 0 Å². The van der Waals surface area contributed by atoms with Gasteiger partial charge >= 0.3 is 59.7 Å². The first-order valence-electron chi connectivity index (χ1n) is 46.7. The first-order chi connectivity index (χ1) is 67.3. The fourth-order valence-electron chi connectivity index (χ4n) is 14.8. The predicted octanol–water partition coefficient (Wildman–Crippen LogP) is 0.982.